The maximum absolute atomic E-state index is 12.8. The first kappa shape index (κ1) is 28.2. The Bertz CT molecular complexity index is 588. The topological polar surface area (TPSA) is 151 Å². The number of carboxylic acids is 1. The van der Waals surface area contributed by atoms with Crippen molar-refractivity contribution in [2.75, 3.05) is 12.0 Å². The van der Waals surface area contributed by atoms with Crippen LogP contribution in [-0.2, 0) is 19.2 Å². The van der Waals surface area contributed by atoms with Gasteiger partial charge in [0.2, 0.25) is 17.7 Å². The largest absolute Gasteiger partial charge is 0.480 e. The van der Waals surface area contributed by atoms with Gasteiger partial charge in [0.15, 0.2) is 0 Å². The monoisotopic (exact) mass is 446 g/mol. The zero-order valence-corrected chi connectivity index (χ0v) is 19.7. The van der Waals surface area contributed by atoms with Gasteiger partial charge in [-0.25, -0.2) is 4.79 Å². The van der Waals surface area contributed by atoms with Crippen molar-refractivity contribution >= 4 is 35.5 Å². The molecule has 6 N–H and O–H groups in total. The molecule has 0 saturated heterocycles. The van der Waals surface area contributed by atoms with Crippen LogP contribution in [0.1, 0.15) is 53.9 Å². The number of rotatable bonds is 14. The number of carbonyl (C=O) groups is 4. The highest BCUT2D eigenvalue weighted by Gasteiger charge is 2.30. The van der Waals surface area contributed by atoms with Gasteiger partial charge in [0, 0.05) is 0 Å². The van der Waals surface area contributed by atoms with Crippen molar-refractivity contribution in [1.82, 2.24) is 16.0 Å². The van der Waals surface area contributed by atoms with Gasteiger partial charge in [-0.3, -0.25) is 14.4 Å². The Morgan fingerprint density at radius 3 is 2.03 bits per heavy atom. The van der Waals surface area contributed by atoms with E-state index in [1.54, 1.807) is 11.8 Å². The van der Waals surface area contributed by atoms with Crippen LogP contribution in [0.5, 0.6) is 0 Å². The lowest BCUT2D eigenvalue weighted by molar-refractivity contribution is -0.142. The van der Waals surface area contributed by atoms with Crippen molar-refractivity contribution in [3.63, 3.8) is 0 Å². The number of nitrogens with two attached hydrogens (primary N) is 1. The van der Waals surface area contributed by atoms with E-state index in [1.807, 2.05) is 34.0 Å². The summed E-state index contributed by atoms with van der Waals surface area (Å²) in [6, 6.07) is -3.55. The molecule has 0 aromatic heterocycles. The number of nitrogens with one attached hydrogen (secondary N) is 3. The maximum Gasteiger partial charge on any atom is 0.326 e. The lowest BCUT2D eigenvalue weighted by atomic mass is 9.97. The first-order valence-corrected chi connectivity index (χ1v) is 11.7. The molecule has 10 heteroatoms. The number of hydrogen-bond acceptors (Lipinski definition) is 6. The lowest BCUT2D eigenvalue weighted by Gasteiger charge is -2.27. The van der Waals surface area contributed by atoms with E-state index in [2.05, 4.69) is 16.0 Å². The van der Waals surface area contributed by atoms with Crippen LogP contribution in [-0.4, -0.2) is 65.0 Å². The Labute approximate surface area is 183 Å². The molecule has 0 heterocycles. The van der Waals surface area contributed by atoms with E-state index in [1.165, 1.54) is 6.92 Å². The minimum absolute atomic E-state index is 0.0802. The number of thioether (sulfide) groups is 1. The second-order valence-corrected chi connectivity index (χ2v) is 9.00. The molecule has 0 aliphatic carbocycles. The second kappa shape index (κ2) is 14.2. The van der Waals surface area contributed by atoms with Crippen molar-refractivity contribution in [2.45, 2.75) is 78.0 Å². The van der Waals surface area contributed by atoms with Gasteiger partial charge in [-0.1, -0.05) is 34.1 Å². The molecule has 0 radical (unpaired) electrons. The number of hydrogen-bond donors (Lipinski definition) is 5. The van der Waals surface area contributed by atoms with Crippen molar-refractivity contribution in [3.05, 3.63) is 0 Å². The van der Waals surface area contributed by atoms with Gasteiger partial charge in [0.05, 0.1) is 6.04 Å². The van der Waals surface area contributed by atoms with E-state index in [4.69, 9.17) is 5.73 Å². The summed E-state index contributed by atoms with van der Waals surface area (Å²) in [5.41, 5.74) is 5.89. The normalized spacial score (nSPS) is 16.1. The molecular formula is C20H38N4O5S. The SMILES string of the molecule is CCC(C)C(NC(=O)C(N)CCSC)C(=O)NC(C)C(=O)NC(CC(C)C)C(=O)O. The molecule has 3 amide bonds. The van der Waals surface area contributed by atoms with Gasteiger partial charge in [0.25, 0.3) is 0 Å². The standard InChI is InChI=1S/C20H38N4O5S/c1-7-12(4)16(24-18(26)14(21)8-9-30-6)19(27)22-13(5)17(25)23-15(20(28)29)10-11(2)3/h11-16H,7-10,21H2,1-6H3,(H,22,27)(H,23,25)(H,24,26)(H,28,29). The number of amides is 3. The Morgan fingerprint density at radius 1 is 0.967 bits per heavy atom. The summed E-state index contributed by atoms with van der Waals surface area (Å²) in [6.07, 6.45) is 3.32. The van der Waals surface area contributed by atoms with Gasteiger partial charge < -0.3 is 26.8 Å². The van der Waals surface area contributed by atoms with E-state index in [0.717, 1.165) is 5.75 Å². The number of aliphatic carboxylic acids is 1. The molecule has 0 aliphatic heterocycles. The Morgan fingerprint density at radius 2 is 1.57 bits per heavy atom. The van der Waals surface area contributed by atoms with Crippen LogP contribution < -0.4 is 21.7 Å². The van der Waals surface area contributed by atoms with E-state index in [0.29, 0.717) is 12.8 Å². The summed E-state index contributed by atoms with van der Waals surface area (Å²) < 4.78 is 0. The van der Waals surface area contributed by atoms with Crippen molar-refractivity contribution in [1.29, 1.82) is 0 Å². The molecule has 174 valence electrons. The maximum atomic E-state index is 12.8. The fourth-order valence-electron chi connectivity index (χ4n) is 2.70. The molecule has 30 heavy (non-hydrogen) atoms. The zero-order valence-electron chi connectivity index (χ0n) is 18.9. The summed E-state index contributed by atoms with van der Waals surface area (Å²) in [4.78, 5) is 48.9. The Balaban J connectivity index is 5.06. The molecule has 5 unspecified atom stereocenters. The summed E-state index contributed by atoms with van der Waals surface area (Å²) >= 11 is 1.58. The number of carbonyl (C=O) groups excluding carboxylic acids is 3. The number of carboxylic acid groups (broad SMARTS) is 1. The van der Waals surface area contributed by atoms with Crippen LogP contribution in [0.4, 0.5) is 0 Å². The zero-order chi connectivity index (χ0) is 23.4. The minimum atomic E-state index is -1.13. The summed E-state index contributed by atoms with van der Waals surface area (Å²) in [6.45, 7) is 8.91. The summed E-state index contributed by atoms with van der Waals surface area (Å²) in [7, 11) is 0. The van der Waals surface area contributed by atoms with E-state index >= 15 is 0 Å². The highest BCUT2D eigenvalue weighted by atomic mass is 32.2. The molecule has 0 fully saturated rings. The second-order valence-electron chi connectivity index (χ2n) is 8.02. The van der Waals surface area contributed by atoms with E-state index in [9.17, 15) is 24.3 Å². The van der Waals surface area contributed by atoms with Crippen molar-refractivity contribution in [2.24, 2.45) is 17.6 Å². The molecule has 0 aromatic carbocycles. The van der Waals surface area contributed by atoms with Crippen molar-refractivity contribution in [3.8, 4) is 0 Å². The first-order valence-electron chi connectivity index (χ1n) is 10.3. The molecule has 0 rings (SSSR count). The van der Waals surface area contributed by atoms with Crippen molar-refractivity contribution < 1.29 is 24.3 Å². The van der Waals surface area contributed by atoms with Gasteiger partial charge in [-0.2, -0.15) is 11.8 Å². The van der Waals surface area contributed by atoms with Crippen LogP contribution in [0, 0.1) is 11.8 Å². The highest BCUT2D eigenvalue weighted by Crippen LogP contribution is 2.10. The van der Waals surface area contributed by atoms with Gasteiger partial charge in [0.1, 0.15) is 18.1 Å². The highest BCUT2D eigenvalue weighted by molar-refractivity contribution is 7.98. The minimum Gasteiger partial charge on any atom is -0.480 e. The molecule has 5 atom stereocenters. The molecule has 0 aliphatic rings. The van der Waals surface area contributed by atoms with E-state index in [-0.39, 0.29) is 18.3 Å². The predicted molar refractivity (Wildman–Crippen MR) is 119 cm³/mol. The third-order valence-electron chi connectivity index (χ3n) is 4.84. The average molecular weight is 447 g/mol. The summed E-state index contributed by atoms with van der Waals surface area (Å²) in [5, 5.41) is 17.0. The molecule has 0 spiro atoms. The van der Waals surface area contributed by atoms with Crippen LogP contribution in [0.15, 0.2) is 0 Å². The third kappa shape index (κ3) is 10.3. The molecule has 0 bridgehead atoms. The quantitative estimate of drug-likeness (QED) is 0.264. The molecule has 9 nitrogen and oxygen atoms in total. The molecular weight excluding hydrogens is 408 g/mol. The fraction of sp³-hybridized carbons (Fsp3) is 0.800. The van der Waals surface area contributed by atoms with Crippen LogP contribution in [0.25, 0.3) is 0 Å². The summed E-state index contributed by atoms with van der Waals surface area (Å²) in [5.74, 6) is -2.01. The fourth-order valence-corrected chi connectivity index (χ4v) is 3.19. The molecule has 0 saturated carbocycles. The Hall–Kier alpha value is -1.81. The molecule has 0 aromatic rings. The van der Waals surface area contributed by atoms with Gasteiger partial charge >= 0.3 is 5.97 Å². The smallest absolute Gasteiger partial charge is 0.326 e. The van der Waals surface area contributed by atoms with Gasteiger partial charge in [-0.15, -0.1) is 0 Å². The first-order chi connectivity index (χ1) is 13.9. The van der Waals surface area contributed by atoms with Crippen LogP contribution in [0.3, 0.4) is 0 Å². The van der Waals surface area contributed by atoms with Crippen LogP contribution >= 0.6 is 11.8 Å². The average Bonchev–Trinajstić information content (AvgIpc) is 2.67. The third-order valence-corrected chi connectivity index (χ3v) is 5.48. The van der Waals surface area contributed by atoms with Gasteiger partial charge in [-0.05, 0) is 43.6 Å². The lowest BCUT2D eigenvalue weighted by Crippen LogP contribution is -2.58. The van der Waals surface area contributed by atoms with Crippen LogP contribution in [0.2, 0.25) is 0 Å². The Kier molecular flexibility index (Phi) is 13.4. The predicted octanol–water partition coefficient (Wildman–Crippen LogP) is 0.718. The van der Waals surface area contributed by atoms with E-state index < -0.39 is 47.9 Å².